The quantitative estimate of drug-likeness (QED) is 0.544. The molecular formula is C13H23N3O3. The SMILES string of the molecule is C=CC[C@@H](NC(=O)[C@H](CC(C)C)NC(C)=O)C(N)=O. The van der Waals surface area contributed by atoms with Crippen molar-refractivity contribution in [1.82, 2.24) is 10.6 Å². The molecule has 0 aliphatic carbocycles. The molecule has 0 fully saturated rings. The van der Waals surface area contributed by atoms with Crippen molar-refractivity contribution in [3.8, 4) is 0 Å². The zero-order chi connectivity index (χ0) is 15.0. The summed E-state index contributed by atoms with van der Waals surface area (Å²) in [6, 6.07) is -1.46. The molecule has 0 saturated heterocycles. The fourth-order valence-electron chi connectivity index (χ4n) is 1.63. The number of nitrogens with two attached hydrogens (primary N) is 1. The van der Waals surface area contributed by atoms with Crippen LogP contribution < -0.4 is 16.4 Å². The number of hydrogen-bond acceptors (Lipinski definition) is 3. The maximum absolute atomic E-state index is 12.0. The second-order valence-corrected chi connectivity index (χ2v) is 4.87. The van der Waals surface area contributed by atoms with Crippen LogP contribution in [0.3, 0.4) is 0 Å². The van der Waals surface area contributed by atoms with Crippen molar-refractivity contribution in [2.24, 2.45) is 11.7 Å². The van der Waals surface area contributed by atoms with E-state index in [4.69, 9.17) is 5.73 Å². The lowest BCUT2D eigenvalue weighted by Gasteiger charge is -2.22. The molecule has 0 aromatic heterocycles. The Balaban J connectivity index is 4.72. The van der Waals surface area contributed by atoms with Crippen LogP contribution in [0.25, 0.3) is 0 Å². The lowest BCUT2D eigenvalue weighted by molar-refractivity contribution is -0.131. The Morgan fingerprint density at radius 3 is 2.16 bits per heavy atom. The molecule has 4 N–H and O–H groups in total. The third kappa shape index (κ3) is 7.23. The average Bonchev–Trinajstić information content (AvgIpc) is 2.25. The Morgan fingerprint density at radius 1 is 1.21 bits per heavy atom. The maximum atomic E-state index is 12.0. The molecule has 0 radical (unpaired) electrons. The zero-order valence-electron chi connectivity index (χ0n) is 11.7. The van der Waals surface area contributed by atoms with Gasteiger partial charge in [0.25, 0.3) is 0 Å². The number of rotatable bonds is 8. The van der Waals surface area contributed by atoms with Gasteiger partial charge >= 0.3 is 0 Å². The molecule has 0 unspecified atom stereocenters. The van der Waals surface area contributed by atoms with E-state index in [1.807, 2.05) is 13.8 Å². The summed E-state index contributed by atoms with van der Waals surface area (Å²) in [6.45, 7) is 8.73. The monoisotopic (exact) mass is 269 g/mol. The fraction of sp³-hybridized carbons (Fsp3) is 0.615. The molecule has 0 rings (SSSR count). The van der Waals surface area contributed by atoms with Crippen LogP contribution in [0, 0.1) is 5.92 Å². The number of nitrogens with one attached hydrogen (secondary N) is 2. The highest BCUT2D eigenvalue weighted by Gasteiger charge is 2.24. The summed E-state index contributed by atoms with van der Waals surface area (Å²) >= 11 is 0. The van der Waals surface area contributed by atoms with Crippen LogP contribution in [0.2, 0.25) is 0 Å². The molecule has 6 nitrogen and oxygen atoms in total. The molecule has 0 spiro atoms. The number of hydrogen-bond donors (Lipinski definition) is 3. The second kappa shape index (κ2) is 8.29. The lowest BCUT2D eigenvalue weighted by atomic mass is 10.0. The highest BCUT2D eigenvalue weighted by atomic mass is 16.2. The van der Waals surface area contributed by atoms with E-state index in [-0.39, 0.29) is 18.2 Å². The number of carbonyl (C=O) groups excluding carboxylic acids is 3. The van der Waals surface area contributed by atoms with Crippen LogP contribution in [-0.2, 0) is 14.4 Å². The summed E-state index contributed by atoms with van der Waals surface area (Å²) < 4.78 is 0. The van der Waals surface area contributed by atoms with Crippen LogP contribution in [0.5, 0.6) is 0 Å². The van der Waals surface area contributed by atoms with E-state index in [2.05, 4.69) is 17.2 Å². The maximum Gasteiger partial charge on any atom is 0.243 e. The number of primary amides is 1. The van der Waals surface area contributed by atoms with Gasteiger partial charge in [0.05, 0.1) is 0 Å². The molecule has 0 bridgehead atoms. The molecule has 0 saturated carbocycles. The van der Waals surface area contributed by atoms with E-state index in [1.165, 1.54) is 13.0 Å². The topological polar surface area (TPSA) is 101 Å². The van der Waals surface area contributed by atoms with E-state index >= 15 is 0 Å². The summed E-state index contributed by atoms with van der Waals surface area (Å²) in [6.07, 6.45) is 2.26. The van der Waals surface area contributed by atoms with Gasteiger partial charge in [0.2, 0.25) is 17.7 Å². The predicted octanol–water partition coefficient (Wildman–Crippen LogP) is 0.0834. The standard InChI is InChI=1S/C13H23N3O3/c1-5-6-10(12(14)18)16-13(19)11(7-8(2)3)15-9(4)17/h5,8,10-11H,1,6-7H2,2-4H3,(H2,14,18)(H,15,17)(H,16,19)/t10-,11+/m1/s1. The molecule has 19 heavy (non-hydrogen) atoms. The van der Waals surface area contributed by atoms with Gasteiger partial charge in [0.1, 0.15) is 12.1 Å². The molecule has 0 aliphatic rings. The van der Waals surface area contributed by atoms with E-state index in [1.54, 1.807) is 0 Å². The van der Waals surface area contributed by atoms with Gasteiger partial charge in [-0.15, -0.1) is 6.58 Å². The van der Waals surface area contributed by atoms with E-state index in [0.717, 1.165) is 0 Å². The van der Waals surface area contributed by atoms with Crippen LogP contribution in [0.1, 0.15) is 33.6 Å². The average molecular weight is 269 g/mol. The van der Waals surface area contributed by atoms with Gasteiger partial charge in [-0.05, 0) is 18.8 Å². The Bertz CT molecular complexity index is 353. The van der Waals surface area contributed by atoms with Crippen molar-refractivity contribution >= 4 is 17.7 Å². The molecule has 6 heteroatoms. The van der Waals surface area contributed by atoms with Gasteiger partial charge < -0.3 is 16.4 Å². The second-order valence-electron chi connectivity index (χ2n) is 4.87. The number of carbonyl (C=O) groups is 3. The summed E-state index contributed by atoms with van der Waals surface area (Å²) in [5.74, 6) is -1.09. The van der Waals surface area contributed by atoms with Crippen molar-refractivity contribution in [3.05, 3.63) is 12.7 Å². The minimum atomic E-state index is -0.798. The minimum absolute atomic E-state index is 0.231. The van der Waals surface area contributed by atoms with Gasteiger partial charge in [0, 0.05) is 6.92 Å². The van der Waals surface area contributed by atoms with Gasteiger partial charge in [-0.2, -0.15) is 0 Å². The zero-order valence-corrected chi connectivity index (χ0v) is 11.7. The van der Waals surface area contributed by atoms with Crippen molar-refractivity contribution in [1.29, 1.82) is 0 Å². The van der Waals surface area contributed by atoms with Gasteiger partial charge in [-0.25, -0.2) is 0 Å². The first kappa shape index (κ1) is 17.2. The molecule has 2 atom stereocenters. The van der Waals surface area contributed by atoms with E-state index < -0.39 is 23.9 Å². The molecule has 0 aromatic carbocycles. The Kier molecular flexibility index (Phi) is 7.48. The minimum Gasteiger partial charge on any atom is -0.368 e. The van der Waals surface area contributed by atoms with Crippen LogP contribution >= 0.6 is 0 Å². The largest absolute Gasteiger partial charge is 0.368 e. The van der Waals surface area contributed by atoms with Gasteiger partial charge in [-0.1, -0.05) is 19.9 Å². The first-order valence-corrected chi connectivity index (χ1v) is 6.25. The van der Waals surface area contributed by atoms with E-state index in [0.29, 0.717) is 6.42 Å². The Labute approximate surface area is 113 Å². The molecule has 0 aromatic rings. The summed E-state index contributed by atoms with van der Waals surface area (Å²) in [7, 11) is 0. The third-order valence-corrected chi connectivity index (χ3v) is 2.46. The molecule has 108 valence electrons. The van der Waals surface area contributed by atoms with Crippen molar-refractivity contribution in [2.45, 2.75) is 45.7 Å². The predicted molar refractivity (Wildman–Crippen MR) is 73.0 cm³/mol. The van der Waals surface area contributed by atoms with Crippen LogP contribution in [0.15, 0.2) is 12.7 Å². The Morgan fingerprint density at radius 2 is 1.79 bits per heavy atom. The van der Waals surface area contributed by atoms with Crippen molar-refractivity contribution < 1.29 is 14.4 Å². The van der Waals surface area contributed by atoms with Crippen LogP contribution in [-0.4, -0.2) is 29.8 Å². The highest BCUT2D eigenvalue weighted by Crippen LogP contribution is 2.06. The van der Waals surface area contributed by atoms with Crippen LogP contribution in [0.4, 0.5) is 0 Å². The third-order valence-electron chi connectivity index (χ3n) is 2.46. The first-order valence-electron chi connectivity index (χ1n) is 6.25. The van der Waals surface area contributed by atoms with Gasteiger partial charge in [0.15, 0.2) is 0 Å². The molecule has 0 aliphatic heterocycles. The molecule has 0 heterocycles. The number of amides is 3. The highest BCUT2D eigenvalue weighted by molar-refractivity contribution is 5.91. The first-order chi connectivity index (χ1) is 8.77. The fourth-order valence-corrected chi connectivity index (χ4v) is 1.63. The van der Waals surface area contributed by atoms with Crippen molar-refractivity contribution in [3.63, 3.8) is 0 Å². The Hall–Kier alpha value is -1.85. The summed E-state index contributed by atoms with van der Waals surface area (Å²) in [4.78, 5) is 34.3. The molecule has 3 amide bonds. The smallest absolute Gasteiger partial charge is 0.243 e. The molecular weight excluding hydrogens is 246 g/mol. The van der Waals surface area contributed by atoms with Crippen molar-refractivity contribution in [2.75, 3.05) is 0 Å². The summed E-state index contributed by atoms with van der Waals surface area (Å²) in [5, 5.41) is 5.10. The van der Waals surface area contributed by atoms with E-state index in [9.17, 15) is 14.4 Å². The summed E-state index contributed by atoms with van der Waals surface area (Å²) in [5.41, 5.74) is 5.18. The normalized spacial score (nSPS) is 13.5. The van der Waals surface area contributed by atoms with Gasteiger partial charge in [-0.3, -0.25) is 14.4 Å². The lowest BCUT2D eigenvalue weighted by Crippen LogP contribution is -2.52.